The van der Waals surface area contributed by atoms with Gasteiger partial charge in [0.05, 0.1) is 12.8 Å². The highest BCUT2D eigenvalue weighted by Crippen LogP contribution is 2.30. The predicted octanol–water partition coefficient (Wildman–Crippen LogP) is 5.36. The molecular weight excluding hydrogens is 455 g/mol. The maximum absolute atomic E-state index is 13.2. The second-order valence-corrected chi connectivity index (χ2v) is 9.22. The Balaban J connectivity index is 1.19. The number of pyridine rings is 1. The van der Waals surface area contributed by atoms with Crippen molar-refractivity contribution in [1.29, 1.82) is 0 Å². The van der Waals surface area contributed by atoms with Gasteiger partial charge in [-0.2, -0.15) is 0 Å². The third kappa shape index (κ3) is 4.91. The zero-order chi connectivity index (χ0) is 25.1. The average Bonchev–Trinajstić information content (AvgIpc) is 3.30. The third-order valence-electron chi connectivity index (χ3n) is 7.05. The maximum Gasteiger partial charge on any atom is 0.270 e. The summed E-state index contributed by atoms with van der Waals surface area (Å²) in [5.74, 6) is 0.862. The SMILES string of the molecule is CCc1nc2cc(OC)ccn2c1C(=O)NCc1ccc(N2CCC(c3ccc(F)cc3)CC2)cc1. The van der Waals surface area contributed by atoms with Gasteiger partial charge in [0.25, 0.3) is 5.91 Å². The Labute approximate surface area is 210 Å². The van der Waals surface area contributed by atoms with Gasteiger partial charge >= 0.3 is 0 Å². The number of rotatable bonds is 7. The normalized spacial score (nSPS) is 14.2. The predicted molar refractivity (Wildman–Crippen MR) is 139 cm³/mol. The number of aromatic nitrogens is 2. The van der Waals surface area contributed by atoms with Crippen LogP contribution in [0.5, 0.6) is 5.75 Å². The zero-order valence-electron chi connectivity index (χ0n) is 20.7. The molecule has 0 aliphatic carbocycles. The van der Waals surface area contributed by atoms with Crippen LogP contribution in [0.3, 0.4) is 0 Å². The van der Waals surface area contributed by atoms with Gasteiger partial charge in [0, 0.05) is 37.6 Å². The van der Waals surface area contributed by atoms with Crippen LogP contribution in [0.2, 0.25) is 0 Å². The number of ether oxygens (including phenoxy) is 1. The monoisotopic (exact) mass is 486 g/mol. The molecule has 2 aromatic carbocycles. The number of fused-ring (bicyclic) bond motifs is 1. The van der Waals surface area contributed by atoms with E-state index in [1.54, 1.807) is 19.2 Å². The minimum atomic E-state index is -0.183. The summed E-state index contributed by atoms with van der Waals surface area (Å²) in [6.45, 7) is 4.38. The van der Waals surface area contributed by atoms with Crippen molar-refractivity contribution in [1.82, 2.24) is 14.7 Å². The van der Waals surface area contributed by atoms with E-state index >= 15 is 0 Å². The molecule has 1 N–H and O–H groups in total. The van der Waals surface area contributed by atoms with E-state index in [2.05, 4.69) is 39.5 Å². The van der Waals surface area contributed by atoms with E-state index in [0.717, 1.165) is 37.2 Å². The van der Waals surface area contributed by atoms with Gasteiger partial charge in [-0.25, -0.2) is 9.37 Å². The minimum Gasteiger partial charge on any atom is -0.497 e. The molecule has 0 unspecified atom stereocenters. The number of aryl methyl sites for hydroxylation is 1. The lowest BCUT2D eigenvalue weighted by Crippen LogP contribution is -2.32. The number of halogens is 1. The topological polar surface area (TPSA) is 58.9 Å². The van der Waals surface area contributed by atoms with Gasteiger partial charge in [0.15, 0.2) is 0 Å². The summed E-state index contributed by atoms with van der Waals surface area (Å²) >= 11 is 0. The maximum atomic E-state index is 13.2. The summed E-state index contributed by atoms with van der Waals surface area (Å²) in [5.41, 5.74) is 5.48. The quantitative estimate of drug-likeness (QED) is 0.382. The molecule has 1 amide bonds. The van der Waals surface area contributed by atoms with Gasteiger partial charge in [-0.3, -0.25) is 9.20 Å². The van der Waals surface area contributed by atoms with Crippen molar-refractivity contribution in [2.45, 2.75) is 38.6 Å². The van der Waals surface area contributed by atoms with Crippen LogP contribution >= 0.6 is 0 Å². The van der Waals surface area contributed by atoms with Crippen molar-refractivity contribution in [2.24, 2.45) is 0 Å². The van der Waals surface area contributed by atoms with Crippen molar-refractivity contribution in [3.05, 3.63) is 95.2 Å². The van der Waals surface area contributed by atoms with E-state index in [-0.39, 0.29) is 11.7 Å². The van der Waals surface area contributed by atoms with Crippen molar-refractivity contribution < 1.29 is 13.9 Å². The summed E-state index contributed by atoms with van der Waals surface area (Å²) in [4.78, 5) is 20.1. The lowest BCUT2D eigenvalue weighted by atomic mass is 9.89. The molecule has 1 aliphatic rings. The molecule has 36 heavy (non-hydrogen) atoms. The Kier molecular flexibility index (Phi) is 6.89. The largest absolute Gasteiger partial charge is 0.497 e. The standard InChI is InChI=1S/C29H31FN4O2/c1-3-26-28(34-17-14-25(36-2)18-27(34)32-26)29(35)31-19-20-4-10-24(11-5-20)33-15-12-22(13-16-33)21-6-8-23(30)9-7-21/h4-11,14,17-18,22H,3,12-13,15-16,19H2,1-2H3,(H,31,35). The van der Waals surface area contributed by atoms with Crippen LogP contribution in [0.25, 0.3) is 5.65 Å². The molecule has 0 atom stereocenters. The van der Waals surface area contributed by atoms with Gasteiger partial charge in [0.1, 0.15) is 22.9 Å². The number of hydrogen-bond acceptors (Lipinski definition) is 4. The van der Waals surface area contributed by atoms with Crippen molar-refractivity contribution in [3.8, 4) is 5.75 Å². The number of carbonyl (C=O) groups excluding carboxylic acids is 1. The molecule has 4 aromatic rings. The molecular formula is C29H31FN4O2. The van der Waals surface area contributed by atoms with Crippen molar-refractivity contribution >= 4 is 17.2 Å². The highest BCUT2D eigenvalue weighted by atomic mass is 19.1. The molecule has 0 bridgehead atoms. The van der Waals surface area contributed by atoms with Crippen LogP contribution < -0.4 is 15.0 Å². The lowest BCUT2D eigenvalue weighted by molar-refractivity contribution is 0.0944. The molecule has 6 nitrogen and oxygen atoms in total. The fourth-order valence-electron chi connectivity index (χ4n) is 4.99. The van der Waals surface area contributed by atoms with Gasteiger partial charge in [-0.15, -0.1) is 0 Å². The molecule has 1 aliphatic heterocycles. The number of hydrogen-bond donors (Lipinski definition) is 1. The number of benzene rings is 2. The molecule has 3 heterocycles. The highest BCUT2D eigenvalue weighted by Gasteiger charge is 2.21. The average molecular weight is 487 g/mol. The lowest BCUT2D eigenvalue weighted by Gasteiger charge is -2.34. The molecule has 5 rings (SSSR count). The highest BCUT2D eigenvalue weighted by molar-refractivity contribution is 5.94. The van der Waals surface area contributed by atoms with Crippen LogP contribution in [0.1, 0.15) is 53.0 Å². The fourth-order valence-corrected chi connectivity index (χ4v) is 4.99. The van der Waals surface area contributed by atoms with E-state index in [9.17, 15) is 9.18 Å². The first-order valence-electron chi connectivity index (χ1n) is 12.5. The number of methoxy groups -OCH3 is 1. The van der Waals surface area contributed by atoms with Crippen LogP contribution in [-0.2, 0) is 13.0 Å². The number of anilines is 1. The molecule has 2 aromatic heterocycles. The Bertz CT molecular complexity index is 1340. The van der Waals surface area contributed by atoms with E-state index in [1.807, 2.05) is 41.8 Å². The number of piperidine rings is 1. The second kappa shape index (κ2) is 10.4. The number of imidazole rings is 1. The van der Waals surface area contributed by atoms with Crippen LogP contribution in [0, 0.1) is 5.82 Å². The number of carbonyl (C=O) groups is 1. The minimum absolute atomic E-state index is 0.142. The number of amides is 1. The van der Waals surface area contributed by atoms with Gasteiger partial charge in [-0.1, -0.05) is 31.2 Å². The molecule has 1 fully saturated rings. The fraction of sp³-hybridized carbons (Fsp3) is 0.310. The van der Waals surface area contributed by atoms with Gasteiger partial charge < -0.3 is 15.0 Å². The summed E-state index contributed by atoms with van der Waals surface area (Å²) in [6, 6.07) is 19.0. The molecule has 186 valence electrons. The first-order chi connectivity index (χ1) is 17.6. The van der Waals surface area contributed by atoms with E-state index in [1.165, 1.54) is 11.3 Å². The van der Waals surface area contributed by atoms with Crippen molar-refractivity contribution in [2.75, 3.05) is 25.1 Å². The molecule has 0 saturated carbocycles. The van der Waals surface area contributed by atoms with Crippen LogP contribution in [-0.4, -0.2) is 35.5 Å². The summed E-state index contributed by atoms with van der Waals surface area (Å²) in [5, 5.41) is 3.05. The van der Waals surface area contributed by atoms with E-state index in [4.69, 9.17) is 4.74 Å². The molecule has 7 heteroatoms. The Morgan fingerprint density at radius 1 is 1.08 bits per heavy atom. The Hall–Kier alpha value is -3.87. The second-order valence-electron chi connectivity index (χ2n) is 9.22. The summed E-state index contributed by atoms with van der Waals surface area (Å²) < 4.78 is 20.3. The smallest absolute Gasteiger partial charge is 0.270 e. The molecule has 0 spiro atoms. The van der Waals surface area contributed by atoms with E-state index < -0.39 is 0 Å². The summed E-state index contributed by atoms with van der Waals surface area (Å²) in [7, 11) is 1.62. The third-order valence-corrected chi connectivity index (χ3v) is 7.05. The first kappa shape index (κ1) is 23.9. The van der Waals surface area contributed by atoms with Gasteiger partial charge in [0.2, 0.25) is 0 Å². The van der Waals surface area contributed by atoms with Crippen LogP contribution in [0.15, 0.2) is 66.9 Å². The van der Waals surface area contributed by atoms with E-state index in [0.29, 0.717) is 36.0 Å². The summed E-state index contributed by atoms with van der Waals surface area (Å²) in [6.07, 6.45) is 4.59. The van der Waals surface area contributed by atoms with Crippen molar-refractivity contribution in [3.63, 3.8) is 0 Å². The zero-order valence-corrected chi connectivity index (χ0v) is 20.7. The molecule has 0 radical (unpaired) electrons. The Morgan fingerprint density at radius 3 is 2.47 bits per heavy atom. The van der Waals surface area contributed by atoms with Gasteiger partial charge in [-0.05, 0) is 66.6 Å². The Morgan fingerprint density at radius 2 is 1.81 bits per heavy atom. The first-order valence-corrected chi connectivity index (χ1v) is 12.5. The number of nitrogens with zero attached hydrogens (tertiary/aromatic N) is 3. The molecule has 1 saturated heterocycles. The van der Waals surface area contributed by atoms with Crippen LogP contribution in [0.4, 0.5) is 10.1 Å². The number of nitrogens with one attached hydrogen (secondary N) is 1.